The molecular formula is C38H54Br2N2S4. The van der Waals surface area contributed by atoms with Crippen LogP contribution in [0.2, 0.25) is 0 Å². The number of thiazole rings is 2. The maximum absolute atomic E-state index is 5.37. The molecule has 0 bridgehead atoms. The third-order valence-corrected chi connectivity index (χ3v) is 15.3. The lowest BCUT2D eigenvalue weighted by atomic mass is 10.1. The number of rotatable bonds is 23. The van der Waals surface area contributed by atoms with Crippen LogP contribution in [0.5, 0.6) is 0 Å². The molecule has 4 aromatic heterocycles. The first-order valence-electron chi connectivity index (χ1n) is 18.1. The van der Waals surface area contributed by atoms with Gasteiger partial charge in [0.15, 0.2) is 10.0 Å². The second-order valence-corrected chi connectivity index (χ2v) is 19.4. The summed E-state index contributed by atoms with van der Waals surface area (Å²) in [4.78, 5) is 16.2. The molecule has 0 amide bonds. The molecule has 4 heterocycles. The van der Waals surface area contributed by atoms with Gasteiger partial charge in [0, 0.05) is 9.75 Å². The van der Waals surface area contributed by atoms with Crippen molar-refractivity contribution in [2.45, 2.75) is 156 Å². The van der Waals surface area contributed by atoms with Crippen LogP contribution in [0.1, 0.15) is 153 Å². The summed E-state index contributed by atoms with van der Waals surface area (Å²) in [5.41, 5.74) is 5.47. The summed E-state index contributed by atoms with van der Waals surface area (Å²) >= 11 is 15.4. The molecule has 4 aromatic rings. The number of aryl methyl sites for hydroxylation is 4. The monoisotopic (exact) mass is 824 g/mol. The van der Waals surface area contributed by atoms with Crippen LogP contribution >= 0.6 is 77.2 Å². The van der Waals surface area contributed by atoms with Crippen molar-refractivity contribution in [3.05, 3.63) is 42.2 Å². The molecule has 254 valence electrons. The Hall–Kier alpha value is -0.380. The van der Waals surface area contributed by atoms with E-state index in [1.54, 1.807) is 0 Å². The second kappa shape index (κ2) is 21.0. The maximum Gasteiger partial charge on any atom is 0.153 e. The van der Waals surface area contributed by atoms with Crippen LogP contribution in [0.25, 0.3) is 29.5 Å². The lowest BCUT2D eigenvalue weighted by Crippen LogP contribution is -1.90. The first kappa shape index (κ1) is 38.4. The summed E-state index contributed by atoms with van der Waals surface area (Å²) in [6.45, 7) is 9.15. The summed E-state index contributed by atoms with van der Waals surface area (Å²) in [7, 11) is 0. The van der Waals surface area contributed by atoms with Crippen molar-refractivity contribution in [2.75, 3.05) is 0 Å². The molecule has 0 spiro atoms. The predicted molar refractivity (Wildman–Crippen MR) is 217 cm³/mol. The Labute approximate surface area is 312 Å². The average Bonchev–Trinajstić information content (AvgIpc) is 3.83. The summed E-state index contributed by atoms with van der Waals surface area (Å²) < 4.78 is 2.59. The molecule has 0 saturated heterocycles. The Morgan fingerprint density at radius 1 is 0.457 bits per heavy atom. The van der Waals surface area contributed by atoms with Crippen LogP contribution in [0, 0.1) is 0 Å². The molecule has 0 atom stereocenters. The van der Waals surface area contributed by atoms with Gasteiger partial charge >= 0.3 is 0 Å². The molecule has 0 radical (unpaired) electrons. The Kier molecular flexibility index (Phi) is 17.5. The minimum atomic E-state index is 1.05. The second-order valence-electron chi connectivity index (χ2n) is 12.7. The van der Waals surface area contributed by atoms with E-state index in [1.165, 1.54) is 152 Å². The van der Waals surface area contributed by atoms with Gasteiger partial charge in [-0.1, -0.05) is 105 Å². The molecule has 0 saturated carbocycles. The van der Waals surface area contributed by atoms with Crippen LogP contribution in [0.4, 0.5) is 0 Å². The first-order valence-corrected chi connectivity index (χ1v) is 22.9. The summed E-state index contributed by atoms with van der Waals surface area (Å²) in [6.07, 6.45) is 24.9. The van der Waals surface area contributed by atoms with Gasteiger partial charge in [-0.15, -0.1) is 45.3 Å². The van der Waals surface area contributed by atoms with E-state index in [0.717, 1.165) is 35.7 Å². The topological polar surface area (TPSA) is 25.8 Å². The lowest BCUT2D eigenvalue weighted by Gasteiger charge is -2.00. The number of thiophene rings is 2. The number of halogens is 2. The highest BCUT2D eigenvalue weighted by molar-refractivity contribution is 9.11. The molecule has 4 rings (SSSR count). The standard InChI is InChI=1S/C38H54Br2N2S4/c1-5-9-13-17-21-27-25-31(43-35(27)39)33-29(23-19-15-11-7-3)41-37(45-33)38-42-30(24-20-16-12-8-4)34(46-38)32-26-28(36(40)44-32)22-18-14-10-6-2/h25-26H,5-24H2,1-4H3. The van der Waals surface area contributed by atoms with Crippen LogP contribution < -0.4 is 0 Å². The Morgan fingerprint density at radius 2 is 0.804 bits per heavy atom. The summed E-state index contributed by atoms with van der Waals surface area (Å²) in [5.74, 6) is 0. The average molecular weight is 827 g/mol. The van der Waals surface area contributed by atoms with Gasteiger partial charge in [0.25, 0.3) is 0 Å². The fourth-order valence-corrected chi connectivity index (χ4v) is 11.9. The molecule has 0 unspecified atom stereocenters. The summed E-state index contributed by atoms with van der Waals surface area (Å²) in [5, 5.41) is 2.21. The highest BCUT2D eigenvalue weighted by Crippen LogP contribution is 2.47. The largest absolute Gasteiger partial charge is 0.238 e. The van der Waals surface area contributed by atoms with E-state index in [4.69, 9.17) is 9.97 Å². The van der Waals surface area contributed by atoms with Crippen LogP contribution in [0.15, 0.2) is 19.7 Å². The van der Waals surface area contributed by atoms with Crippen molar-refractivity contribution < 1.29 is 0 Å². The lowest BCUT2D eigenvalue weighted by molar-refractivity contribution is 0.662. The van der Waals surface area contributed by atoms with E-state index in [2.05, 4.69) is 71.7 Å². The summed E-state index contributed by atoms with van der Waals surface area (Å²) in [6, 6.07) is 4.90. The van der Waals surface area contributed by atoms with Gasteiger partial charge in [-0.25, -0.2) is 9.97 Å². The van der Waals surface area contributed by atoms with Crippen LogP contribution in [-0.4, -0.2) is 9.97 Å². The molecule has 0 fully saturated rings. The zero-order chi connectivity index (χ0) is 32.7. The third-order valence-electron chi connectivity index (χ3n) is 8.67. The zero-order valence-corrected chi connectivity index (χ0v) is 35.0. The Balaban J connectivity index is 1.65. The van der Waals surface area contributed by atoms with Gasteiger partial charge in [0.1, 0.15) is 0 Å². The fourth-order valence-electron chi connectivity index (χ4n) is 5.91. The molecule has 46 heavy (non-hydrogen) atoms. The molecule has 0 aromatic carbocycles. The molecule has 0 aliphatic heterocycles. The van der Waals surface area contributed by atoms with Gasteiger partial charge in [0.2, 0.25) is 0 Å². The minimum Gasteiger partial charge on any atom is -0.238 e. The highest BCUT2D eigenvalue weighted by atomic mass is 79.9. The Bertz CT molecular complexity index is 1340. The normalized spacial score (nSPS) is 11.7. The van der Waals surface area contributed by atoms with Gasteiger partial charge in [-0.3, -0.25) is 0 Å². The van der Waals surface area contributed by atoms with Crippen molar-refractivity contribution in [3.8, 4) is 29.5 Å². The van der Waals surface area contributed by atoms with E-state index in [-0.39, 0.29) is 0 Å². The van der Waals surface area contributed by atoms with Gasteiger partial charge < -0.3 is 0 Å². The van der Waals surface area contributed by atoms with E-state index < -0.39 is 0 Å². The van der Waals surface area contributed by atoms with Gasteiger partial charge in [0.05, 0.1) is 28.7 Å². The maximum atomic E-state index is 5.37. The molecule has 0 aliphatic rings. The van der Waals surface area contributed by atoms with Crippen molar-refractivity contribution in [1.82, 2.24) is 9.97 Å². The first-order chi connectivity index (χ1) is 22.5. The van der Waals surface area contributed by atoms with Crippen molar-refractivity contribution >= 4 is 77.2 Å². The molecule has 0 N–H and O–H groups in total. The molecular weight excluding hydrogens is 773 g/mol. The number of nitrogens with zero attached hydrogens (tertiary/aromatic N) is 2. The van der Waals surface area contributed by atoms with Crippen molar-refractivity contribution in [2.24, 2.45) is 0 Å². The van der Waals surface area contributed by atoms with E-state index in [9.17, 15) is 0 Å². The third kappa shape index (κ3) is 11.3. The zero-order valence-electron chi connectivity index (χ0n) is 28.6. The number of hydrogen-bond donors (Lipinski definition) is 0. The molecule has 8 heteroatoms. The quantitative estimate of drug-likeness (QED) is 0.0696. The van der Waals surface area contributed by atoms with E-state index >= 15 is 0 Å². The predicted octanol–water partition coefficient (Wildman–Crippen LogP) is 15.7. The van der Waals surface area contributed by atoms with Gasteiger partial charge in [-0.2, -0.15) is 0 Å². The van der Waals surface area contributed by atoms with Crippen LogP contribution in [-0.2, 0) is 25.7 Å². The fraction of sp³-hybridized carbons (Fsp3) is 0.632. The van der Waals surface area contributed by atoms with Crippen molar-refractivity contribution in [3.63, 3.8) is 0 Å². The van der Waals surface area contributed by atoms with Crippen LogP contribution in [0.3, 0.4) is 0 Å². The number of aromatic nitrogens is 2. The minimum absolute atomic E-state index is 1.05. The van der Waals surface area contributed by atoms with E-state index in [0.29, 0.717) is 0 Å². The number of hydrogen-bond acceptors (Lipinski definition) is 6. The highest BCUT2D eigenvalue weighted by Gasteiger charge is 2.23. The smallest absolute Gasteiger partial charge is 0.153 e. The van der Waals surface area contributed by atoms with Gasteiger partial charge in [-0.05, 0) is 106 Å². The van der Waals surface area contributed by atoms with E-state index in [1.807, 2.05) is 45.3 Å². The Morgan fingerprint density at radius 3 is 1.15 bits per heavy atom. The number of unbranched alkanes of at least 4 members (excludes halogenated alkanes) is 12. The van der Waals surface area contributed by atoms with Crippen molar-refractivity contribution in [1.29, 1.82) is 0 Å². The SMILES string of the molecule is CCCCCCc1cc(-c2sc(-c3nc(CCCCCC)c(-c4cc(CCCCCC)c(Br)s4)s3)nc2CCCCCC)sc1Br. The molecule has 0 aliphatic carbocycles. The molecule has 2 nitrogen and oxygen atoms in total.